The Balaban J connectivity index is 2.94. The first-order chi connectivity index (χ1) is 6.40. The van der Waals surface area contributed by atoms with E-state index in [1.54, 1.807) is 0 Å². The molecule has 1 rings (SSSR count). The fraction of sp³-hybridized carbons (Fsp3) is 0.875. The van der Waals surface area contributed by atoms with Crippen LogP contribution in [0, 0.1) is 0 Å². The molecule has 0 aromatic rings. The van der Waals surface area contributed by atoms with Gasteiger partial charge in [-0.3, -0.25) is 0 Å². The lowest BCUT2D eigenvalue weighted by Crippen LogP contribution is -2.48. The van der Waals surface area contributed by atoms with Crippen LogP contribution in [0.15, 0.2) is 0 Å². The lowest BCUT2D eigenvalue weighted by molar-refractivity contribution is -0.142. The molecule has 0 aliphatic heterocycles. The summed E-state index contributed by atoms with van der Waals surface area (Å²) in [6.07, 6.45) is -2.91. The molecule has 14 heavy (non-hydrogen) atoms. The van der Waals surface area contributed by atoms with Crippen LogP contribution in [-0.4, -0.2) is 27.4 Å². The molecule has 6 heteroatoms. The Morgan fingerprint density at radius 2 is 1.71 bits per heavy atom. The van der Waals surface area contributed by atoms with Gasteiger partial charge >= 0.3 is 11.9 Å². The summed E-state index contributed by atoms with van der Waals surface area (Å²) in [5.41, 5.74) is 4.82. The first-order valence-corrected chi connectivity index (χ1v) is 4.42. The third kappa shape index (κ3) is 2.13. The van der Waals surface area contributed by atoms with E-state index >= 15 is 0 Å². The Morgan fingerprint density at radius 3 is 2.07 bits per heavy atom. The molecule has 1 fully saturated rings. The molecular formula is C8H11F3N2O. The van der Waals surface area contributed by atoms with Crippen LogP contribution in [0.3, 0.4) is 0 Å². The van der Waals surface area contributed by atoms with Gasteiger partial charge in [-0.2, -0.15) is 18.0 Å². The summed E-state index contributed by atoms with van der Waals surface area (Å²) in [6, 6.07) is 0. The van der Waals surface area contributed by atoms with Gasteiger partial charge in [0.1, 0.15) is 0 Å². The second-order valence-electron chi connectivity index (χ2n) is 3.54. The summed E-state index contributed by atoms with van der Waals surface area (Å²) in [7, 11) is 0. The summed E-state index contributed by atoms with van der Waals surface area (Å²) < 4.78 is 36.9. The molecule has 1 aliphatic carbocycles. The highest BCUT2D eigenvalue weighted by molar-refractivity contribution is 5.92. The molecule has 0 heterocycles. The molecular weight excluding hydrogens is 197 g/mol. The molecule has 0 aromatic carbocycles. The van der Waals surface area contributed by atoms with E-state index in [1.807, 2.05) is 0 Å². The Labute approximate surface area is 79.2 Å². The highest BCUT2D eigenvalue weighted by Crippen LogP contribution is 2.34. The highest BCUT2D eigenvalue weighted by Gasteiger charge is 2.57. The molecule has 0 saturated heterocycles. The van der Waals surface area contributed by atoms with Crippen molar-refractivity contribution in [1.82, 2.24) is 0 Å². The lowest BCUT2D eigenvalue weighted by atomic mass is 9.81. The Hall–Kier alpha value is -0.870. The minimum atomic E-state index is -4.76. The monoisotopic (exact) mass is 208 g/mol. The molecule has 0 radical (unpaired) electrons. The van der Waals surface area contributed by atoms with Gasteiger partial charge in [0.15, 0.2) is 5.60 Å². The number of halogens is 3. The minimum absolute atomic E-state index is 0.00586. The van der Waals surface area contributed by atoms with E-state index in [-0.39, 0.29) is 12.8 Å². The zero-order chi connectivity index (χ0) is 10.8. The van der Waals surface area contributed by atoms with Crippen molar-refractivity contribution >= 4 is 5.71 Å². The number of nitrogens with zero attached hydrogens (tertiary/aromatic N) is 2. The highest BCUT2D eigenvalue weighted by atomic mass is 19.4. The standard InChI is InChI=1S/C8H11F3N2O/c9-8(10,11)6(13-12)7(14)4-2-1-3-5-7/h14H,1-5H2. The van der Waals surface area contributed by atoms with Crippen molar-refractivity contribution in [2.45, 2.75) is 43.9 Å². The fourth-order valence-corrected chi connectivity index (χ4v) is 1.79. The summed E-state index contributed by atoms with van der Waals surface area (Å²) in [6.45, 7) is 0. The van der Waals surface area contributed by atoms with Gasteiger partial charge in [-0.25, -0.2) is 0 Å². The second kappa shape index (κ2) is 3.71. The van der Waals surface area contributed by atoms with Gasteiger partial charge in [0.2, 0.25) is 0 Å². The van der Waals surface area contributed by atoms with Crippen molar-refractivity contribution in [3.63, 3.8) is 0 Å². The van der Waals surface area contributed by atoms with E-state index < -0.39 is 17.5 Å². The number of hydrogen-bond acceptors (Lipinski definition) is 1. The van der Waals surface area contributed by atoms with Crippen molar-refractivity contribution in [1.29, 1.82) is 0 Å². The van der Waals surface area contributed by atoms with Crippen molar-refractivity contribution in [2.75, 3.05) is 0 Å². The number of hydrogen-bond donors (Lipinski definition) is 1. The first kappa shape index (κ1) is 11.2. The van der Waals surface area contributed by atoms with Crippen LogP contribution in [-0.2, 0) is 0 Å². The molecule has 1 saturated carbocycles. The van der Waals surface area contributed by atoms with Crippen LogP contribution in [0.4, 0.5) is 13.2 Å². The lowest BCUT2D eigenvalue weighted by Gasteiger charge is -2.28. The molecule has 1 aliphatic rings. The number of alkyl halides is 3. The van der Waals surface area contributed by atoms with Crippen LogP contribution in [0.5, 0.6) is 0 Å². The SMILES string of the molecule is [N-]=[N+]=C(C(F)(F)F)C1(O)CCCCC1. The van der Waals surface area contributed by atoms with Crippen molar-refractivity contribution in [2.24, 2.45) is 0 Å². The zero-order valence-electron chi connectivity index (χ0n) is 7.51. The average Bonchev–Trinajstić information content (AvgIpc) is 2.03. The van der Waals surface area contributed by atoms with E-state index in [1.165, 1.54) is 0 Å². The molecule has 0 spiro atoms. The van der Waals surface area contributed by atoms with E-state index in [0.29, 0.717) is 12.8 Å². The van der Waals surface area contributed by atoms with Gasteiger partial charge in [-0.05, 0) is 25.7 Å². The number of aliphatic hydroxyl groups is 1. The van der Waals surface area contributed by atoms with E-state index in [0.717, 1.165) is 6.42 Å². The minimum Gasteiger partial charge on any atom is -0.378 e. The topological polar surface area (TPSA) is 56.6 Å². The Kier molecular flexibility index (Phi) is 2.97. The Bertz CT molecular complexity index is 262. The third-order valence-corrected chi connectivity index (χ3v) is 2.49. The van der Waals surface area contributed by atoms with Gasteiger partial charge in [0.25, 0.3) is 0 Å². The third-order valence-electron chi connectivity index (χ3n) is 2.49. The average molecular weight is 208 g/mol. The summed E-state index contributed by atoms with van der Waals surface area (Å²) in [4.78, 5) is 2.20. The van der Waals surface area contributed by atoms with Crippen molar-refractivity contribution < 1.29 is 23.1 Å². The van der Waals surface area contributed by atoms with Crippen LogP contribution in [0.1, 0.15) is 32.1 Å². The molecule has 0 bridgehead atoms. The van der Waals surface area contributed by atoms with E-state index in [2.05, 4.69) is 4.79 Å². The summed E-state index contributed by atoms with van der Waals surface area (Å²) >= 11 is 0. The smallest absolute Gasteiger partial charge is 0.378 e. The van der Waals surface area contributed by atoms with Crippen LogP contribution >= 0.6 is 0 Å². The van der Waals surface area contributed by atoms with Gasteiger partial charge in [0, 0.05) is 0 Å². The van der Waals surface area contributed by atoms with Gasteiger partial charge in [-0.15, -0.1) is 0 Å². The quantitative estimate of drug-likeness (QED) is 0.399. The molecule has 0 atom stereocenters. The molecule has 0 unspecified atom stereocenters. The summed E-state index contributed by atoms with van der Waals surface area (Å²) in [5, 5.41) is 9.66. The predicted molar refractivity (Wildman–Crippen MR) is 42.7 cm³/mol. The maximum atomic E-state index is 12.3. The Morgan fingerprint density at radius 1 is 1.21 bits per heavy atom. The maximum Gasteiger partial charge on any atom is 0.493 e. The molecule has 3 nitrogen and oxygen atoms in total. The van der Waals surface area contributed by atoms with Gasteiger partial charge < -0.3 is 10.6 Å². The largest absolute Gasteiger partial charge is 0.493 e. The van der Waals surface area contributed by atoms with E-state index in [9.17, 15) is 18.3 Å². The molecule has 0 amide bonds. The van der Waals surface area contributed by atoms with E-state index in [4.69, 9.17) is 5.53 Å². The van der Waals surface area contributed by atoms with Crippen LogP contribution < -0.4 is 0 Å². The zero-order valence-corrected chi connectivity index (χ0v) is 7.51. The van der Waals surface area contributed by atoms with Crippen LogP contribution in [0.25, 0.3) is 5.53 Å². The normalized spacial score (nSPS) is 21.4. The van der Waals surface area contributed by atoms with Crippen molar-refractivity contribution in [3.05, 3.63) is 5.53 Å². The first-order valence-electron chi connectivity index (χ1n) is 4.42. The molecule has 0 aromatic heterocycles. The molecule has 1 N–H and O–H groups in total. The maximum absolute atomic E-state index is 12.3. The second-order valence-corrected chi connectivity index (χ2v) is 3.54. The number of rotatable bonds is 1. The molecule has 80 valence electrons. The summed E-state index contributed by atoms with van der Waals surface area (Å²) in [5.74, 6) is 0. The van der Waals surface area contributed by atoms with Gasteiger partial charge in [-0.1, -0.05) is 6.42 Å². The fourth-order valence-electron chi connectivity index (χ4n) is 1.79. The van der Waals surface area contributed by atoms with Gasteiger partial charge in [0.05, 0.1) is 0 Å². The van der Waals surface area contributed by atoms with Crippen LogP contribution in [0.2, 0.25) is 0 Å². The predicted octanol–water partition coefficient (Wildman–Crippen LogP) is 1.91. The van der Waals surface area contributed by atoms with Crippen molar-refractivity contribution in [3.8, 4) is 0 Å².